The Labute approximate surface area is 222 Å². The van der Waals surface area contributed by atoms with Gasteiger partial charge in [0.2, 0.25) is 0 Å². The van der Waals surface area contributed by atoms with Crippen LogP contribution in [0.5, 0.6) is 0 Å². The zero-order valence-electron chi connectivity index (χ0n) is 11.9. The van der Waals surface area contributed by atoms with Crippen molar-refractivity contribution in [3.63, 3.8) is 0 Å². The lowest BCUT2D eigenvalue weighted by molar-refractivity contribution is 0.335. The van der Waals surface area contributed by atoms with Crippen LogP contribution in [0.15, 0.2) is 30.3 Å². The highest BCUT2D eigenvalue weighted by Gasteiger charge is 2.79. The van der Waals surface area contributed by atoms with Gasteiger partial charge in [0.25, 0.3) is 0 Å². The SMILES string of the molecule is CC(Cl)(c1ccccc1)C1(Br)CC(Br)(Br)C(Br)(Br)C(Br)(Br)C1(Br)Br. The van der Waals surface area contributed by atoms with Gasteiger partial charge >= 0.3 is 0 Å². The topological polar surface area (TPSA) is 0 Å². The normalized spacial score (nSPS) is 32.8. The molecule has 2 unspecified atom stereocenters. The highest BCUT2D eigenvalue weighted by atomic mass is 79.9. The molecule has 1 aliphatic carbocycles. The molecule has 0 heterocycles. The molecule has 0 nitrogen and oxygen atoms in total. The Morgan fingerprint density at radius 3 is 1.71 bits per heavy atom. The van der Waals surface area contributed by atoms with Crippen molar-refractivity contribution in [2.45, 2.75) is 35.5 Å². The molecule has 1 fully saturated rings. The third kappa shape index (κ3) is 3.36. The molecule has 136 valence electrons. The lowest BCUT2D eigenvalue weighted by Crippen LogP contribution is -2.73. The van der Waals surface area contributed by atoms with Gasteiger partial charge in [-0.15, -0.1) is 11.6 Å². The first kappa shape index (κ1) is 24.1. The van der Waals surface area contributed by atoms with Crippen LogP contribution in [0.2, 0.25) is 0 Å². The van der Waals surface area contributed by atoms with Crippen molar-refractivity contribution < 1.29 is 0 Å². The Morgan fingerprint density at radius 2 is 1.25 bits per heavy atom. The first-order valence-corrected chi connectivity index (χ1v) is 14.0. The van der Waals surface area contributed by atoms with E-state index >= 15 is 0 Å². The molecule has 0 aromatic heterocycles. The molecule has 1 aliphatic rings. The summed E-state index contributed by atoms with van der Waals surface area (Å²) in [5.41, 5.74) is 1.01. The van der Waals surface area contributed by atoms with E-state index in [-0.39, 0.29) is 0 Å². The highest BCUT2D eigenvalue weighted by molar-refractivity contribution is 9.34. The van der Waals surface area contributed by atoms with Crippen molar-refractivity contribution in [2.24, 2.45) is 0 Å². The summed E-state index contributed by atoms with van der Waals surface area (Å²) < 4.78 is -3.21. The van der Waals surface area contributed by atoms with Crippen LogP contribution in [0.4, 0.5) is 0 Å². The van der Waals surface area contributed by atoms with Gasteiger partial charge in [0, 0.05) is 0 Å². The van der Waals surface area contributed by atoms with E-state index in [1.54, 1.807) is 0 Å². The Balaban J connectivity index is 2.72. The van der Waals surface area contributed by atoms with Gasteiger partial charge in [-0.1, -0.05) is 174 Å². The third-order valence-corrected chi connectivity index (χ3v) is 23.4. The average Bonchev–Trinajstić information content (AvgIpc) is 2.45. The van der Waals surface area contributed by atoms with Crippen molar-refractivity contribution >= 4 is 155 Å². The number of alkyl halides is 10. The van der Waals surface area contributed by atoms with Gasteiger partial charge in [-0.05, 0) is 18.9 Å². The van der Waals surface area contributed by atoms with E-state index in [9.17, 15) is 0 Å². The van der Waals surface area contributed by atoms with Crippen LogP contribution in [0.25, 0.3) is 0 Å². The van der Waals surface area contributed by atoms with Crippen molar-refractivity contribution in [2.75, 3.05) is 0 Å². The van der Waals surface area contributed by atoms with Gasteiger partial charge in [0.15, 0.2) is 0 Å². The smallest absolute Gasteiger partial charge is 0.113 e. The van der Waals surface area contributed by atoms with Gasteiger partial charge < -0.3 is 0 Å². The molecule has 0 spiro atoms. The molecule has 0 N–H and O–H groups in total. The van der Waals surface area contributed by atoms with E-state index in [0.29, 0.717) is 6.42 Å². The van der Waals surface area contributed by atoms with Crippen molar-refractivity contribution in [1.82, 2.24) is 0 Å². The molecular formula is C14H10Br9Cl. The van der Waals surface area contributed by atoms with Crippen molar-refractivity contribution in [1.29, 1.82) is 0 Å². The summed E-state index contributed by atoms with van der Waals surface area (Å²) >= 11 is 41.8. The molecule has 10 heteroatoms. The van der Waals surface area contributed by atoms with Gasteiger partial charge in [-0.25, -0.2) is 0 Å². The quantitative estimate of drug-likeness (QED) is 0.260. The maximum Gasteiger partial charge on any atom is 0.134 e. The van der Waals surface area contributed by atoms with Crippen LogP contribution >= 0.6 is 155 Å². The molecule has 1 aromatic rings. The van der Waals surface area contributed by atoms with Crippen LogP contribution in [0.3, 0.4) is 0 Å². The van der Waals surface area contributed by atoms with E-state index in [0.717, 1.165) is 5.56 Å². The lowest BCUT2D eigenvalue weighted by atomic mass is 9.76. The van der Waals surface area contributed by atoms with Crippen LogP contribution in [0.1, 0.15) is 18.9 Å². The number of hydrogen-bond donors (Lipinski definition) is 0. The molecule has 0 aliphatic heterocycles. The monoisotopic (exact) mass is 923 g/mol. The minimum atomic E-state index is -0.753. The second-order valence-corrected chi connectivity index (χ2v) is 22.0. The first-order chi connectivity index (χ1) is 10.6. The minimum Gasteiger partial charge on any atom is -0.113 e. The first-order valence-electron chi connectivity index (χ1n) is 6.51. The molecule has 0 saturated heterocycles. The summed E-state index contributed by atoms with van der Waals surface area (Å²) in [6.45, 7) is 2.01. The van der Waals surface area contributed by atoms with Crippen molar-refractivity contribution in [3.8, 4) is 0 Å². The van der Waals surface area contributed by atoms with Gasteiger partial charge in [-0.3, -0.25) is 0 Å². The number of hydrogen-bond acceptors (Lipinski definition) is 0. The molecule has 0 amide bonds. The summed E-state index contributed by atoms with van der Waals surface area (Å²) in [6.07, 6.45) is 0.612. The molecule has 24 heavy (non-hydrogen) atoms. The van der Waals surface area contributed by atoms with E-state index < -0.39 is 22.1 Å². The minimum absolute atomic E-state index is 0.542. The van der Waals surface area contributed by atoms with Gasteiger partial charge in [0.1, 0.15) is 12.9 Å². The predicted octanol–water partition coefficient (Wildman–Crippen LogP) is 9.62. The van der Waals surface area contributed by atoms with Crippen LogP contribution in [0, 0.1) is 0 Å². The molecule has 2 rings (SSSR count). The Bertz CT molecular complexity index is 626. The fraction of sp³-hybridized carbons (Fsp3) is 0.571. The fourth-order valence-corrected chi connectivity index (χ4v) is 12.9. The zero-order chi connectivity index (χ0) is 18.8. The van der Waals surface area contributed by atoms with Crippen molar-refractivity contribution in [3.05, 3.63) is 35.9 Å². The molecule has 1 aromatic carbocycles. The zero-order valence-corrected chi connectivity index (χ0v) is 26.9. The number of rotatable bonds is 2. The largest absolute Gasteiger partial charge is 0.134 e. The summed E-state index contributed by atoms with van der Waals surface area (Å²) in [5.74, 6) is 0. The summed E-state index contributed by atoms with van der Waals surface area (Å²) in [4.78, 5) is -0.753. The van der Waals surface area contributed by atoms with E-state index in [1.807, 2.05) is 37.3 Å². The van der Waals surface area contributed by atoms with Gasteiger partial charge in [0.05, 0.1) is 9.20 Å². The van der Waals surface area contributed by atoms with E-state index in [1.165, 1.54) is 0 Å². The Morgan fingerprint density at radius 1 is 0.792 bits per heavy atom. The average molecular weight is 933 g/mol. The highest BCUT2D eigenvalue weighted by Crippen LogP contribution is 2.79. The second kappa shape index (κ2) is 7.51. The predicted molar refractivity (Wildman–Crippen MR) is 138 cm³/mol. The van der Waals surface area contributed by atoms with E-state index in [2.05, 4.69) is 143 Å². The summed E-state index contributed by atoms with van der Waals surface area (Å²) in [6, 6.07) is 10.0. The molecule has 1 saturated carbocycles. The Kier molecular flexibility index (Phi) is 7.54. The molecular weight excluding hydrogens is 923 g/mol. The number of halogens is 10. The Hall–Kier alpha value is 3.83. The standard InChI is InChI=1S/C14H10Br9Cl/c1-9(24,8-5-3-2-4-6-8)10(15)7-11(16,17)13(20,21)14(22,23)12(10,18)19/h2-6H,7H2,1H3. The maximum atomic E-state index is 7.19. The molecule has 2 atom stereocenters. The number of benzene rings is 1. The van der Waals surface area contributed by atoms with Crippen LogP contribution < -0.4 is 0 Å². The molecule has 0 radical (unpaired) electrons. The maximum absolute atomic E-state index is 7.19. The molecule has 0 bridgehead atoms. The lowest BCUT2D eigenvalue weighted by Gasteiger charge is -2.64. The fourth-order valence-electron chi connectivity index (χ4n) is 2.64. The summed E-state index contributed by atoms with van der Waals surface area (Å²) in [7, 11) is 0. The third-order valence-electron chi connectivity index (χ3n) is 4.27. The van der Waals surface area contributed by atoms with Crippen LogP contribution in [-0.2, 0) is 4.87 Å². The second-order valence-electron chi connectivity index (χ2n) is 5.77. The van der Waals surface area contributed by atoms with Crippen LogP contribution in [-0.4, -0.2) is 17.3 Å². The summed E-state index contributed by atoms with van der Waals surface area (Å²) in [5, 5.41) is 0. The van der Waals surface area contributed by atoms with E-state index in [4.69, 9.17) is 11.6 Å². The van der Waals surface area contributed by atoms with Gasteiger partial charge in [-0.2, -0.15) is 0 Å².